The largest absolute Gasteiger partial charge is 0.436 e. The van der Waals surface area contributed by atoms with Crippen LogP contribution in [-0.4, -0.2) is 18.1 Å². The molecule has 0 radical (unpaired) electrons. The molecule has 0 spiro atoms. The van der Waals surface area contributed by atoms with Crippen molar-refractivity contribution >= 4 is 11.8 Å². The summed E-state index contributed by atoms with van der Waals surface area (Å²) in [6, 6.07) is 13.8. The molecule has 1 amide bonds. The van der Waals surface area contributed by atoms with Crippen molar-refractivity contribution in [2.24, 2.45) is 0 Å². The minimum Gasteiger partial charge on any atom is -0.436 e. The molecule has 0 saturated heterocycles. The topological polar surface area (TPSA) is 51.7 Å². The highest BCUT2D eigenvalue weighted by molar-refractivity contribution is 5.88. The molecular weight excluding hydrogens is 392 g/mol. The average molecular weight is 406 g/mol. The summed E-state index contributed by atoms with van der Waals surface area (Å²) in [5, 5.41) is 0. The third kappa shape index (κ3) is 5.01. The van der Waals surface area contributed by atoms with Gasteiger partial charge in [-0.3, -0.25) is 4.90 Å². The second-order valence-electron chi connectivity index (χ2n) is 5.84. The monoisotopic (exact) mass is 406 g/mol. The summed E-state index contributed by atoms with van der Waals surface area (Å²) in [6.45, 7) is 0. The Kier molecular flexibility index (Phi) is 5.67. The number of ether oxygens (including phenoxy) is 2. The van der Waals surface area contributed by atoms with Gasteiger partial charge in [0, 0.05) is 31.1 Å². The minimum absolute atomic E-state index is 0.191. The van der Waals surface area contributed by atoms with Crippen molar-refractivity contribution < 1.29 is 31.8 Å². The van der Waals surface area contributed by atoms with Gasteiger partial charge < -0.3 is 9.47 Å². The second-order valence-corrected chi connectivity index (χ2v) is 5.84. The number of benzene rings is 2. The molecule has 3 aromatic rings. The van der Waals surface area contributed by atoms with E-state index in [4.69, 9.17) is 9.47 Å². The number of hydrogen-bond donors (Lipinski definition) is 0. The first kappa shape index (κ1) is 20.1. The Morgan fingerprint density at radius 3 is 2.34 bits per heavy atom. The minimum atomic E-state index is -4.53. The van der Waals surface area contributed by atoms with Gasteiger partial charge in [-0.05, 0) is 30.3 Å². The number of para-hydroxylation sites is 1. The van der Waals surface area contributed by atoms with Gasteiger partial charge in [0.2, 0.25) is 5.88 Å². The maximum Gasteiger partial charge on any atom is 0.419 e. The molecule has 9 heteroatoms. The summed E-state index contributed by atoms with van der Waals surface area (Å²) in [6.07, 6.45) is -4.67. The predicted octanol–water partition coefficient (Wildman–Crippen LogP) is 5.67. The molecule has 0 N–H and O–H groups in total. The van der Waals surface area contributed by atoms with E-state index in [0.717, 1.165) is 23.1 Å². The fraction of sp³-hybridized carbons (Fsp3) is 0.100. The number of carbonyl (C=O) groups excluding carboxylic acids is 1. The number of alkyl halides is 3. The Hall–Kier alpha value is -3.62. The number of anilines is 1. The van der Waals surface area contributed by atoms with Crippen molar-refractivity contribution in [3.8, 4) is 17.4 Å². The van der Waals surface area contributed by atoms with Gasteiger partial charge in [-0.15, -0.1) is 0 Å². The summed E-state index contributed by atoms with van der Waals surface area (Å²) >= 11 is 0. The van der Waals surface area contributed by atoms with E-state index in [2.05, 4.69) is 4.98 Å². The summed E-state index contributed by atoms with van der Waals surface area (Å²) < 4.78 is 62.3. The molecule has 0 aliphatic rings. The van der Waals surface area contributed by atoms with Crippen molar-refractivity contribution in [1.29, 1.82) is 0 Å². The normalized spacial score (nSPS) is 11.1. The Labute approximate surface area is 163 Å². The maximum absolute atomic E-state index is 14.3. The first-order valence-corrected chi connectivity index (χ1v) is 8.25. The van der Waals surface area contributed by atoms with Gasteiger partial charge in [-0.1, -0.05) is 18.2 Å². The molecule has 29 heavy (non-hydrogen) atoms. The zero-order valence-corrected chi connectivity index (χ0v) is 15.0. The summed E-state index contributed by atoms with van der Waals surface area (Å²) in [7, 11) is 1.40. The lowest BCUT2D eigenvalue weighted by Gasteiger charge is -2.17. The molecule has 1 aromatic heterocycles. The van der Waals surface area contributed by atoms with E-state index < -0.39 is 23.7 Å². The number of carbonyl (C=O) groups is 1. The Bertz CT molecular complexity index is 993. The van der Waals surface area contributed by atoms with E-state index in [0.29, 0.717) is 11.9 Å². The van der Waals surface area contributed by atoms with Gasteiger partial charge in [0.05, 0.1) is 5.56 Å². The van der Waals surface area contributed by atoms with Crippen LogP contribution in [0.25, 0.3) is 0 Å². The molecule has 0 fully saturated rings. The first-order chi connectivity index (χ1) is 13.7. The van der Waals surface area contributed by atoms with Crippen molar-refractivity contribution in [1.82, 2.24) is 4.98 Å². The molecule has 1 heterocycles. The van der Waals surface area contributed by atoms with E-state index in [1.54, 1.807) is 30.3 Å². The molecule has 0 saturated carbocycles. The number of rotatable bonds is 4. The standard InChI is InChI=1S/C20H14F4N2O3/c1-26(19(27)28-15-5-3-2-4-6-15)14-8-9-17(16(21)11-14)29-18-10-7-13(12-25-18)20(22,23)24/h2-12H,1H3. The van der Waals surface area contributed by atoms with Gasteiger partial charge in [-0.25, -0.2) is 14.2 Å². The van der Waals surface area contributed by atoms with Crippen LogP contribution in [0.15, 0.2) is 66.9 Å². The molecule has 0 atom stereocenters. The second kappa shape index (κ2) is 8.17. The fourth-order valence-corrected chi connectivity index (χ4v) is 2.27. The smallest absolute Gasteiger partial charge is 0.419 e. The molecule has 0 aliphatic heterocycles. The van der Waals surface area contributed by atoms with E-state index in [1.807, 2.05) is 0 Å². The van der Waals surface area contributed by atoms with Crippen LogP contribution in [0.5, 0.6) is 17.4 Å². The van der Waals surface area contributed by atoms with Crippen LogP contribution in [0.4, 0.5) is 28.0 Å². The van der Waals surface area contributed by atoms with Gasteiger partial charge in [0.15, 0.2) is 11.6 Å². The SMILES string of the molecule is CN(C(=O)Oc1ccccc1)c1ccc(Oc2ccc(C(F)(F)F)cn2)c(F)c1. The van der Waals surface area contributed by atoms with E-state index in [1.165, 1.54) is 19.2 Å². The number of amides is 1. The molecular formula is C20H14F4N2O3. The zero-order valence-electron chi connectivity index (χ0n) is 15.0. The van der Waals surface area contributed by atoms with Crippen molar-refractivity contribution in [3.63, 3.8) is 0 Å². The van der Waals surface area contributed by atoms with Crippen molar-refractivity contribution in [2.75, 3.05) is 11.9 Å². The quantitative estimate of drug-likeness (QED) is 0.524. The average Bonchev–Trinajstić information content (AvgIpc) is 2.69. The van der Waals surface area contributed by atoms with E-state index in [9.17, 15) is 22.4 Å². The first-order valence-electron chi connectivity index (χ1n) is 8.25. The van der Waals surface area contributed by atoms with Crippen LogP contribution in [0, 0.1) is 5.82 Å². The molecule has 0 bridgehead atoms. The third-order valence-electron chi connectivity index (χ3n) is 3.80. The molecule has 0 unspecified atom stereocenters. The molecule has 0 aliphatic carbocycles. The van der Waals surface area contributed by atoms with Crippen LogP contribution in [0.2, 0.25) is 0 Å². The molecule has 3 rings (SSSR count). The Morgan fingerprint density at radius 1 is 1.03 bits per heavy atom. The number of halogens is 4. The number of hydrogen-bond acceptors (Lipinski definition) is 4. The Morgan fingerprint density at radius 2 is 1.76 bits per heavy atom. The van der Waals surface area contributed by atoms with Crippen LogP contribution < -0.4 is 14.4 Å². The Balaban J connectivity index is 1.70. The van der Waals surface area contributed by atoms with Crippen LogP contribution in [0.1, 0.15) is 5.56 Å². The van der Waals surface area contributed by atoms with E-state index >= 15 is 0 Å². The lowest BCUT2D eigenvalue weighted by atomic mass is 10.2. The van der Waals surface area contributed by atoms with Gasteiger partial charge >= 0.3 is 12.3 Å². The van der Waals surface area contributed by atoms with E-state index in [-0.39, 0.29) is 17.3 Å². The van der Waals surface area contributed by atoms with Gasteiger partial charge in [0.1, 0.15) is 5.75 Å². The number of pyridine rings is 1. The van der Waals surface area contributed by atoms with Crippen LogP contribution in [-0.2, 0) is 6.18 Å². The predicted molar refractivity (Wildman–Crippen MR) is 96.6 cm³/mol. The third-order valence-corrected chi connectivity index (χ3v) is 3.80. The van der Waals surface area contributed by atoms with Gasteiger partial charge in [-0.2, -0.15) is 13.2 Å². The number of aromatic nitrogens is 1. The summed E-state index contributed by atoms with van der Waals surface area (Å²) in [5.41, 5.74) is -0.754. The van der Waals surface area contributed by atoms with Crippen LogP contribution >= 0.6 is 0 Å². The molecule has 150 valence electrons. The van der Waals surface area contributed by atoms with Crippen LogP contribution in [0.3, 0.4) is 0 Å². The lowest BCUT2D eigenvalue weighted by Crippen LogP contribution is -2.29. The lowest BCUT2D eigenvalue weighted by molar-refractivity contribution is -0.137. The van der Waals surface area contributed by atoms with Crippen molar-refractivity contribution in [2.45, 2.75) is 6.18 Å². The molecule has 5 nitrogen and oxygen atoms in total. The summed E-state index contributed by atoms with van der Waals surface area (Å²) in [4.78, 5) is 16.8. The number of nitrogens with zero attached hydrogens (tertiary/aromatic N) is 2. The summed E-state index contributed by atoms with van der Waals surface area (Å²) in [5.74, 6) is -0.964. The highest BCUT2D eigenvalue weighted by atomic mass is 19.4. The van der Waals surface area contributed by atoms with Gasteiger partial charge in [0.25, 0.3) is 0 Å². The zero-order chi connectivity index (χ0) is 21.0. The highest BCUT2D eigenvalue weighted by Gasteiger charge is 2.30. The highest BCUT2D eigenvalue weighted by Crippen LogP contribution is 2.31. The molecule has 2 aromatic carbocycles. The van der Waals surface area contributed by atoms with Crippen molar-refractivity contribution in [3.05, 3.63) is 78.2 Å². The fourth-order valence-electron chi connectivity index (χ4n) is 2.27. The maximum atomic E-state index is 14.3.